The number of para-hydroxylation sites is 1. The topological polar surface area (TPSA) is 63.7 Å². The molecule has 0 bridgehead atoms. The van der Waals surface area contributed by atoms with Gasteiger partial charge in [-0.15, -0.1) is 0 Å². The number of Topliss-reactive ketones (excluding diaryl/α,β-unsaturated/α-hetero) is 3. The largest absolute Gasteiger partial charge is 0.497 e. The lowest BCUT2D eigenvalue weighted by Gasteiger charge is -2.37. The zero-order valence-corrected chi connectivity index (χ0v) is 21.6. The normalized spacial score (nSPS) is 21.8. The summed E-state index contributed by atoms with van der Waals surface area (Å²) in [6, 6.07) is 25.5. The number of benzene rings is 4. The van der Waals surface area contributed by atoms with Gasteiger partial charge in [0.25, 0.3) is 0 Å². The van der Waals surface area contributed by atoms with E-state index in [-0.39, 0.29) is 17.1 Å². The highest BCUT2D eigenvalue weighted by molar-refractivity contribution is 6.32. The molecule has 0 N–H and O–H groups in total. The number of fused-ring (bicyclic) bond motifs is 5. The number of carbonyl (C=O) groups is 3. The molecule has 3 aliphatic rings. The molecule has 6 heteroatoms. The van der Waals surface area contributed by atoms with Crippen molar-refractivity contribution in [2.75, 3.05) is 12.0 Å². The lowest BCUT2D eigenvalue weighted by atomic mass is 9.64. The van der Waals surface area contributed by atoms with E-state index in [1.165, 1.54) is 25.3 Å². The Morgan fingerprint density at radius 3 is 2.25 bits per heavy atom. The van der Waals surface area contributed by atoms with Crippen molar-refractivity contribution in [3.63, 3.8) is 0 Å². The molecule has 2 heterocycles. The van der Waals surface area contributed by atoms with Gasteiger partial charge in [-0.1, -0.05) is 78.9 Å². The van der Waals surface area contributed by atoms with Gasteiger partial charge in [-0.3, -0.25) is 14.4 Å². The molecule has 2 aliphatic heterocycles. The maximum atomic E-state index is 15.2. The van der Waals surface area contributed by atoms with E-state index in [0.717, 1.165) is 5.56 Å². The predicted molar refractivity (Wildman–Crippen MR) is 150 cm³/mol. The lowest BCUT2D eigenvalue weighted by Crippen LogP contribution is -2.48. The third-order valence-electron chi connectivity index (χ3n) is 8.57. The molecule has 1 fully saturated rings. The van der Waals surface area contributed by atoms with Crippen LogP contribution in [0.25, 0.3) is 6.08 Å². The Morgan fingerprint density at radius 1 is 0.850 bits per heavy atom. The first kappa shape index (κ1) is 24.2. The first-order chi connectivity index (χ1) is 19.5. The third kappa shape index (κ3) is 3.10. The van der Waals surface area contributed by atoms with Crippen molar-refractivity contribution in [3.05, 3.63) is 137 Å². The highest BCUT2D eigenvalue weighted by Gasteiger charge is 2.71. The van der Waals surface area contributed by atoms with Crippen LogP contribution >= 0.6 is 0 Å². The number of hydrogen-bond acceptors (Lipinski definition) is 5. The lowest BCUT2D eigenvalue weighted by molar-refractivity contribution is 0.0665. The van der Waals surface area contributed by atoms with Crippen molar-refractivity contribution in [1.29, 1.82) is 0 Å². The second-order valence-corrected chi connectivity index (χ2v) is 10.4. The Balaban J connectivity index is 1.57. The monoisotopic (exact) mass is 529 g/mol. The zero-order chi connectivity index (χ0) is 27.6. The van der Waals surface area contributed by atoms with E-state index in [1.807, 2.05) is 47.4 Å². The van der Waals surface area contributed by atoms with Crippen LogP contribution in [0.2, 0.25) is 0 Å². The van der Waals surface area contributed by atoms with E-state index in [9.17, 15) is 14.4 Å². The van der Waals surface area contributed by atoms with Crippen molar-refractivity contribution in [2.45, 2.75) is 18.0 Å². The van der Waals surface area contributed by atoms with Gasteiger partial charge in [-0.05, 0) is 41.5 Å². The third-order valence-corrected chi connectivity index (χ3v) is 8.57. The van der Waals surface area contributed by atoms with Crippen LogP contribution in [-0.2, 0) is 0 Å². The van der Waals surface area contributed by atoms with Gasteiger partial charge in [0.1, 0.15) is 23.0 Å². The first-order valence-electron chi connectivity index (χ1n) is 13.2. The molecule has 40 heavy (non-hydrogen) atoms. The number of anilines is 1. The van der Waals surface area contributed by atoms with Gasteiger partial charge in [0.2, 0.25) is 0 Å². The summed E-state index contributed by atoms with van der Waals surface area (Å²) in [6.45, 7) is 0. The van der Waals surface area contributed by atoms with E-state index in [1.54, 1.807) is 48.5 Å². The molecular weight excluding hydrogens is 505 g/mol. The summed E-state index contributed by atoms with van der Waals surface area (Å²) < 4.78 is 20.7. The van der Waals surface area contributed by atoms with Gasteiger partial charge in [-0.25, -0.2) is 4.39 Å². The summed E-state index contributed by atoms with van der Waals surface area (Å²) >= 11 is 0. The molecular formula is C34H24FNO4. The summed E-state index contributed by atoms with van der Waals surface area (Å²) in [7, 11) is 1.54. The molecule has 3 atom stereocenters. The maximum absolute atomic E-state index is 15.2. The second-order valence-electron chi connectivity index (χ2n) is 10.4. The first-order valence-corrected chi connectivity index (χ1v) is 13.2. The SMILES string of the molecule is COc1cccc([C@H]2[C@H](C(=O)c3ccccc3F)N3c4ccccc4C=CC3C23C(=O)c2ccccc2C3=O)c1. The molecule has 4 aromatic rings. The van der Waals surface area contributed by atoms with Gasteiger partial charge in [0.15, 0.2) is 17.3 Å². The van der Waals surface area contributed by atoms with Crippen LogP contribution in [0.1, 0.15) is 48.1 Å². The number of halogens is 1. The Bertz CT molecular complexity index is 1720. The Hall–Kier alpha value is -4.84. The molecule has 7 rings (SSSR count). The second kappa shape index (κ2) is 8.85. The van der Waals surface area contributed by atoms with Gasteiger partial charge < -0.3 is 9.64 Å². The van der Waals surface area contributed by atoms with Crippen molar-refractivity contribution < 1.29 is 23.5 Å². The summed E-state index contributed by atoms with van der Waals surface area (Å²) in [5, 5.41) is 0. The van der Waals surface area contributed by atoms with Crippen LogP contribution in [0.4, 0.5) is 10.1 Å². The minimum Gasteiger partial charge on any atom is -0.497 e. The van der Waals surface area contributed by atoms with Crippen molar-refractivity contribution in [1.82, 2.24) is 0 Å². The van der Waals surface area contributed by atoms with Gasteiger partial charge in [0.05, 0.1) is 18.7 Å². The average Bonchev–Trinajstić information content (AvgIpc) is 3.43. The summed E-state index contributed by atoms with van der Waals surface area (Å²) in [5.74, 6) is -2.20. The highest BCUT2D eigenvalue weighted by atomic mass is 19.1. The van der Waals surface area contributed by atoms with Crippen LogP contribution in [0.3, 0.4) is 0 Å². The molecule has 1 unspecified atom stereocenters. The highest BCUT2D eigenvalue weighted by Crippen LogP contribution is 2.61. The number of ether oxygens (including phenoxy) is 1. The average molecular weight is 530 g/mol. The maximum Gasteiger partial charge on any atom is 0.188 e. The molecule has 1 saturated heterocycles. The molecule has 0 radical (unpaired) electrons. The van der Waals surface area contributed by atoms with E-state index in [0.29, 0.717) is 28.1 Å². The van der Waals surface area contributed by atoms with E-state index in [4.69, 9.17) is 4.74 Å². The molecule has 1 aliphatic carbocycles. The van der Waals surface area contributed by atoms with Crippen molar-refractivity contribution in [3.8, 4) is 5.75 Å². The summed E-state index contributed by atoms with van der Waals surface area (Å²) in [4.78, 5) is 45.6. The van der Waals surface area contributed by atoms with E-state index in [2.05, 4.69) is 0 Å². The summed E-state index contributed by atoms with van der Waals surface area (Å²) in [6.07, 6.45) is 3.76. The number of methoxy groups -OCH3 is 1. The van der Waals surface area contributed by atoms with Gasteiger partial charge >= 0.3 is 0 Å². The minimum atomic E-state index is -1.65. The summed E-state index contributed by atoms with van der Waals surface area (Å²) in [5.41, 5.74) is 1.11. The standard InChI is InChI=1S/C34H24FNO4/c1-40-22-11-8-10-21(19-22)29-30(31(37)25-14-5-6-15-26(25)35)36-27-16-7-2-9-20(27)17-18-28(36)34(29)32(38)23-12-3-4-13-24(23)33(34)39/h2-19,28-30H,1H3/t28?,29-,30+/m0/s1. The van der Waals surface area contributed by atoms with E-state index < -0.39 is 35.0 Å². The van der Waals surface area contributed by atoms with E-state index >= 15 is 4.39 Å². The smallest absolute Gasteiger partial charge is 0.188 e. The Kier molecular flexibility index (Phi) is 5.36. The van der Waals surface area contributed by atoms with Crippen LogP contribution < -0.4 is 9.64 Å². The quantitative estimate of drug-likeness (QED) is 0.234. The fourth-order valence-corrected chi connectivity index (χ4v) is 6.95. The van der Waals surface area contributed by atoms with Crippen LogP contribution in [0.5, 0.6) is 5.75 Å². The number of carbonyl (C=O) groups excluding carboxylic acids is 3. The molecule has 196 valence electrons. The van der Waals surface area contributed by atoms with Crippen LogP contribution in [0, 0.1) is 11.2 Å². The molecule has 5 nitrogen and oxygen atoms in total. The predicted octanol–water partition coefficient (Wildman–Crippen LogP) is 6.15. The molecule has 0 amide bonds. The van der Waals surface area contributed by atoms with Crippen molar-refractivity contribution >= 4 is 29.1 Å². The number of ketones is 3. The zero-order valence-electron chi connectivity index (χ0n) is 21.6. The number of hydrogen-bond donors (Lipinski definition) is 0. The van der Waals surface area contributed by atoms with Gasteiger partial charge in [0, 0.05) is 22.7 Å². The van der Waals surface area contributed by atoms with Crippen molar-refractivity contribution in [2.24, 2.45) is 5.41 Å². The van der Waals surface area contributed by atoms with Crippen LogP contribution in [-0.4, -0.2) is 36.5 Å². The van der Waals surface area contributed by atoms with Gasteiger partial charge in [-0.2, -0.15) is 0 Å². The molecule has 0 aromatic heterocycles. The fourth-order valence-electron chi connectivity index (χ4n) is 6.95. The molecule has 1 spiro atoms. The van der Waals surface area contributed by atoms with Crippen LogP contribution in [0.15, 0.2) is 103 Å². The Morgan fingerprint density at radius 2 is 1.52 bits per heavy atom. The fraction of sp³-hybridized carbons (Fsp3) is 0.147. The number of rotatable bonds is 4. The molecule has 4 aromatic carbocycles. The Labute approximate surface area is 230 Å². The minimum absolute atomic E-state index is 0.0846. The molecule has 0 saturated carbocycles. The number of nitrogens with zero attached hydrogens (tertiary/aromatic N) is 1.